The predicted molar refractivity (Wildman–Crippen MR) is 61.7 cm³/mol. The third kappa shape index (κ3) is 4.48. The molecule has 0 radical (unpaired) electrons. The number of aryl methyl sites for hydroxylation is 1. The topological polar surface area (TPSA) is 72.2 Å². The minimum atomic E-state index is -4.49. The van der Waals surface area contributed by atoms with Crippen LogP contribution in [0.4, 0.5) is 28.9 Å². The molecule has 0 aliphatic heterocycles. The molecule has 1 aromatic carbocycles. The van der Waals surface area contributed by atoms with E-state index in [1.54, 1.807) is 0 Å². The highest BCUT2D eigenvalue weighted by Gasteiger charge is 2.29. The van der Waals surface area contributed by atoms with E-state index in [9.17, 15) is 32.5 Å². The second-order valence-electron chi connectivity index (χ2n) is 4.01. The van der Waals surface area contributed by atoms with Crippen LogP contribution in [-0.4, -0.2) is 17.0 Å². The number of carbonyl (C=O) groups excluding carboxylic acids is 1. The molecule has 5 nitrogen and oxygen atoms in total. The average Bonchev–Trinajstić information content (AvgIpc) is 2.26. The highest BCUT2D eigenvalue weighted by molar-refractivity contribution is 5.92. The molecule has 0 fully saturated rings. The number of alkyl halides is 3. The lowest BCUT2D eigenvalue weighted by Crippen LogP contribution is -2.13. The number of anilines is 1. The fourth-order valence-electron chi connectivity index (χ4n) is 1.59. The summed E-state index contributed by atoms with van der Waals surface area (Å²) in [6, 6.07) is 1.28. The van der Waals surface area contributed by atoms with E-state index in [1.165, 1.54) is 0 Å². The van der Waals surface area contributed by atoms with Gasteiger partial charge >= 0.3 is 6.18 Å². The Balaban J connectivity index is 3.25. The first kappa shape index (κ1) is 15.9. The number of nitro groups is 1. The number of rotatable bonds is 4. The van der Waals surface area contributed by atoms with Gasteiger partial charge in [0.2, 0.25) is 5.91 Å². The first-order chi connectivity index (χ1) is 9.10. The molecule has 1 N–H and O–H groups in total. The van der Waals surface area contributed by atoms with Gasteiger partial charge in [-0.1, -0.05) is 0 Å². The zero-order valence-corrected chi connectivity index (χ0v) is 10.3. The van der Waals surface area contributed by atoms with Crippen LogP contribution in [0.2, 0.25) is 0 Å². The van der Waals surface area contributed by atoms with Crippen molar-refractivity contribution in [3.05, 3.63) is 33.6 Å². The number of nitro benzene ring substituents is 1. The highest BCUT2D eigenvalue weighted by Crippen LogP contribution is 2.32. The summed E-state index contributed by atoms with van der Waals surface area (Å²) in [6.07, 6.45) is -6.44. The highest BCUT2D eigenvalue weighted by atomic mass is 19.4. The maximum Gasteiger partial charge on any atom is 0.389 e. The molecule has 1 rings (SSSR count). The van der Waals surface area contributed by atoms with Gasteiger partial charge in [-0.15, -0.1) is 0 Å². The minimum absolute atomic E-state index is 0.274. The molecule has 0 saturated heterocycles. The van der Waals surface area contributed by atoms with Gasteiger partial charge < -0.3 is 5.32 Å². The van der Waals surface area contributed by atoms with Crippen LogP contribution in [0.1, 0.15) is 18.9 Å². The van der Waals surface area contributed by atoms with Crippen molar-refractivity contribution in [3.8, 4) is 0 Å². The SMILES string of the molecule is CC(=O)Nc1c(CCC(F)(F)F)cc(F)cc1[N+](=O)[O-]. The summed E-state index contributed by atoms with van der Waals surface area (Å²) in [5.41, 5.74) is -1.46. The smallest absolute Gasteiger partial charge is 0.320 e. The monoisotopic (exact) mass is 294 g/mol. The Bertz CT molecular complexity index is 543. The van der Waals surface area contributed by atoms with Crippen LogP contribution in [0.25, 0.3) is 0 Å². The number of benzene rings is 1. The molecule has 1 aromatic rings. The van der Waals surface area contributed by atoms with Gasteiger partial charge in [0, 0.05) is 13.3 Å². The van der Waals surface area contributed by atoms with Crippen molar-refractivity contribution in [1.82, 2.24) is 0 Å². The lowest BCUT2D eigenvalue weighted by Gasteiger charge is -2.12. The van der Waals surface area contributed by atoms with E-state index in [2.05, 4.69) is 5.32 Å². The molecule has 0 aliphatic carbocycles. The Kier molecular flexibility index (Phi) is 4.64. The Labute approximate surface area is 110 Å². The van der Waals surface area contributed by atoms with Gasteiger partial charge in [-0.05, 0) is 18.1 Å². The first-order valence-corrected chi connectivity index (χ1v) is 5.41. The summed E-state index contributed by atoms with van der Waals surface area (Å²) in [5, 5.41) is 12.8. The molecule has 0 atom stereocenters. The van der Waals surface area contributed by atoms with E-state index in [4.69, 9.17) is 0 Å². The fraction of sp³-hybridized carbons (Fsp3) is 0.364. The predicted octanol–water partition coefficient (Wildman–Crippen LogP) is 3.19. The van der Waals surface area contributed by atoms with Crippen LogP contribution >= 0.6 is 0 Å². The Hall–Kier alpha value is -2.19. The van der Waals surface area contributed by atoms with E-state index in [-0.39, 0.29) is 5.56 Å². The molecule has 0 aromatic heterocycles. The maximum atomic E-state index is 13.2. The molecule has 0 heterocycles. The van der Waals surface area contributed by atoms with Crippen molar-refractivity contribution in [3.63, 3.8) is 0 Å². The zero-order valence-electron chi connectivity index (χ0n) is 10.3. The average molecular weight is 294 g/mol. The van der Waals surface area contributed by atoms with Gasteiger partial charge in [-0.3, -0.25) is 14.9 Å². The number of hydrogen-bond acceptors (Lipinski definition) is 3. The van der Waals surface area contributed by atoms with Crippen molar-refractivity contribution in [1.29, 1.82) is 0 Å². The largest absolute Gasteiger partial charge is 0.389 e. The van der Waals surface area contributed by atoms with Gasteiger partial charge in [0.25, 0.3) is 5.69 Å². The van der Waals surface area contributed by atoms with E-state index < -0.39 is 47.0 Å². The Morgan fingerprint density at radius 2 is 2.00 bits per heavy atom. The van der Waals surface area contributed by atoms with E-state index in [1.807, 2.05) is 0 Å². The van der Waals surface area contributed by atoms with E-state index >= 15 is 0 Å². The molecule has 0 aliphatic rings. The number of nitrogens with one attached hydrogen (secondary N) is 1. The quantitative estimate of drug-likeness (QED) is 0.526. The van der Waals surface area contributed by atoms with Crippen LogP contribution in [0.5, 0.6) is 0 Å². The van der Waals surface area contributed by atoms with Gasteiger partial charge in [0.15, 0.2) is 0 Å². The number of amides is 1. The van der Waals surface area contributed by atoms with Crippen molar-refractivity contribution in [2.45, 2.75) is 25.9 Å². The van der Waals surface area contributed by atoms with Crippen LogP contribution in [-0.2, 0) is 11.2 Å². The number of nitrogens with zero attached hydrogens (tertiary/aromatic N) is 1. The number of halogens is 4. The minimum Gasteiger partial charge on any atom is -0.320 e. The molecule has 0 unspecified atom stereocenters. The van der Waals surface area contributed by atoms with Crippen molar-refractivity contribution in [2.75, 3.05) is 5.32 Å². The molecule has 20 heavy (non-hydrogen) atoms. The normalized spacial score (nSPS) is 11.2. The zero-order chi connectivity index (χ0) is 15.5. The second-order valence-corrected chi connectivity index (χ2v) is 4.01. The standard InChI is InChI=1S/C11H10F4N2O3/c1-6(18)16-10-7(2-3-11(13,14)15)4-8(12)5-9(10)17(19)20/h4-5H,2-3H2,1H3,(H,16,18). The van der Waals surface area contributed by atoms with Gasteiger partial charge in [-0.2, -0.15) is 13.2 Å². The van der Waals surface area contributed by atoms with Crippen LogP contribution in [0.3, 0.4) is 0 Å². The molecular formula is C11H10F4N2O3. The summed E-state index contributed by atoms with van der Waals surface area (Å²) in [6.45, 7) is 1.04. The summed E-state index contributed by atoms with van der Waals surface area (Å²) in [5.74, 6) is -1.74. The second kappa shape index (κ2) is 5.85. The molecule has 0 spiro atoms. The Morgan fingerprint density at radius 1 is 1.40 bits per heavy atom. The number of hydrogen-bond donors (Lipinski definition) is 1. The molecule has 0 bridgehead atoms. The Morgan fingerprint density at radius 3 is 2.45 bits per heavy atom. The van der Waals surface area contributed by atoms with Gasteiger partial charge in [0.1, 0.15) is 11.5 Å². The van der Waals surface area contributed by atoms with Crippen molar-refractivity contribution in [2.24, 2.45) is 0 Å². The van der Waals surface area contributed by atoms with Crippen LogP contribution in [0, 0.1) is 15.9 Å². The molecular weight excluding hydrogens is 284 g/mol. The first-order valence-electron chi connectivity index (χ1n) is 5.41. The van der Waals surface area contributed by atoms with Crippen molar-refractivity contribution >= 4 is 17.3 Å². The molecule has 110 valence electrons. The number of carbonyl (C=O) groups is 1. The summed E-state index contributed by atoms with van der Waals surface area (Å²) < 4.78 is 49.8. The third-order valence-corrected chi connectivity index (χ3v) is 2.34. The molecule has 1 amide bonds. The lowest BCUT2D eigenvalue weighted by atomic mass is 10.1. The maximum absolute atomic E-state index is 13.2. The van der Waals surface area contributed by atoms with E-state index in [0.29, 0.717) is 6.07 Å². The summed E-state index contributed by atoms with van der Waals surface area (Å²) >= 11 is 0. The molecule has 0 saturated carbocycles. The summed E-state index contributed by atoms with van der Waals surface area (Å²) in [4.78, 5) is 20.8. The van der Waals surface area contributed by atoms with Gasteiger partial charge in [0.05, 0.1) is 11.0 Å². The van der Waals surface area contributed by atoms with Crippen LogP contribution in [0.15, 0.2) is 12.1 Å². The van der Waals surface area contributed by atoms with Crippen molar-refractivity contribution < 1.29 is 27.3 Å². The lowest BCUT2D eigenvalue weighted by molar-refractivity contribution is -0.384. The summed E-state index contributed by atoms with van der Waals surface area (Å²) in [7, 11) is 0. The fourth-order valence-corrected chi connectivity index (χ4v) is 1.59. The van der Waals surface area contributed by atoms with Crippen LogP contribution < -0.4 is 5.32 Å². The molecule has 9 heteroatoms. The van der Waals surface area contributed by atoms with E-state index in [0.717, 1.165) is 13.0 Å². The van der Waals surface area contributed by atoms with Gasteiger partial charge in [-0.25, -0.2) is 4.39 Å². The third-order valence-electron chi connectivity index (χ3n) is 2.34.